The van der Waals surface area contributed by atoms with E-state index in [0.29, 0.717) is 22.6 Å². The Hall–Kier alpha value is -2.98. The van der Waals surface area contributed by atoms with Gasteiger partial charge in [0.1, 0.15) is 11.6 Å². The molecule has 1 atom stereocenters. The van der Waals surface area contributed by atoms with Crippen LogP contribution >= 0.6 is 0 Å². The van der Waals surface area contributed by atoms with Gasteiger partial charge in [-0.1, -0.05) is 12.1 Å². The van der Waals surface area contributed by atoms with Gasteiger partial charge in [0.25, 0.3) is 5.91 Å². The third kappa shape index (κ3) is 4.33. The van der Waals surface area contributed by atoms with Crippen molar-refractivity contribution in [2.75, 3.05) is 31.5 Å². The number of amides is 2. The third-order valence-electron chi connectivity index (χ3n) is 5.69. The van der Waals surface area contributed by atoms with E-state index in [1.807, 2.05) is 0 Å². The summed E-state index contributed by atoms with van der Waals surface area (Å²) < 4.78 is 46.5. The Morgan fingerprint density at radius 3 is 2.47 bits per heavy atom. The summed E-state index contributed by atoms with van der Waals surface area (Å²) in [5, 5.41) is 2.71. The molecule has 2 aromatic rings. The highest BCUT2D eigenvalue weighted by Gasteiger charge is 2.33. The number of carbonyl (C=O) groups excluding carboxylic acids is 2. The van der Waals surface area contributed by atoms with E-state index in [4.69, 9.17) is 4.74 Å². The lowest BCUT2D eigenvalue weighted by Gasteiger charge is -2.34. The smallest absolute Gasteiger partial charge is 0.265 e. The van der Waals surface area contributed by atoms with Gasteiger partial charge in [-0.3, -0.25) is 9.59 Å². The Kier molecular flexibility index (Phi) is 5.91. The fourth-order valence-electron chi connectivity index (χ4n) is 3.83. The minimum Gasteiger partial charge on any atom is -0.479 e. The maximum absolute atomic E-state index is 13.3. The highest BCUT2D eigenvalue weighted by molar-refractivity contribution is 7.89. The van der Waals surface area contributed by atoms with Crippen molar-refractivity contribution in [3.05, 3.63) is 53.3 Å². The molecule has 10 heteroatoms. The van der Waals surface area contributed by atoms with Crippen molar-refractivity contribution in [2.24, 2.45) is 0 Å². The standard InChI is InChI=1S/C22H24FN3O5S/c1-14-11-18-19(31-15(2)22(28)24-18)13-20(14)32(29,30)26-9-7-25(8-10-26)21(27)12-16-3-5-17(23)6-4-16/h3-6,11,13,15H,7-10,12H2,1-2H3,(H,24,28). The van der Waals surface area contributed by atoms with E-state index in [2.05, 4.69) is 5.32 Å². The molecule has 1 fully saturated rings. The summed E-state index contributed by atoms with van der Waals surface area (Å²) in [5.74, 6) is -0.459. The van der Waals surface area contributed by atoms with Crippen LogP contribution < -0.4 is 10.1 Å². The van der Waals surface area contributed by atoms with E-state index in [1.54, 1.807) is 36.9 Å². The molecular formula is C22H24FN3O5S. The normalized spacial score (nSPS) is 19.2. The SMILES string of the molecule is Cc1cc2c(cc1S(=O)(=O)N1CCN(C(=O)Cc3ccc(F)cc3)CC1)OC(C)C(=O)N2. The second-order valence-electron chi connectivity index (χ2n) is 7.95. The van der Waals surface area contributed by atoms with Crippen molar-refractivity contribution in [3.63, 3.8) is 0 Å². The molecule has 0 aromatic heterocycles. The molecule has 0 aliphatic carbocycles. The molecule has 0 spiro atoms. The van der Waals surface area contributed by atoms with Gasteiger partial charge in [0, 0.05) is 32.2 Å². The summed E-state index contributed by atoms with van der Waals surface area (Å²) in [6.07, 6.45) is -0.575. The molecule has 0 radical (unpaired) electrons. The van der Waals surface area contributed by atoms with Crippen LogP contribution in [0.4, 0.5) is 10.1 Å². The number of hydrogen-bond donors (Lipinski definition) is 1. The Morgan fingerprint density at radius 2 is 1.81 bits per heavy atom. The molecule has 2 heterocycles. The number of hydrogen-bond acceptors (Lipinski definition) is 5. The Morgan fingerprint density at radius 1 is 1.16 bits per heavy atom. The van der Waals surface area contributed by atoms with Crippen LogP contribution in [0.5, 0.6) is 5.75 Å². The van der Waals surface area contributed by atoms with E-state index in [-0.39, 0.29) is 55.1 Å². The number of carbonyl (C=O) groups is 2. The number of ether oxygens (including phenoxy) is 1. The van der Waals surface area contributed by atoms with Crippen molar-refractivity contribution >= 4 is 27.5 Å². The van der Waals surface area contributed by atoms with Crippen LogP contribution in [0.2, 0.25) is 0 Å². The van der Waals surface area contributed by atoms with Crippen molar-refractivity contribution in [1.82, 2.24) is 9.21 Å². The lowest BCUT2D eigenvalue weighted by atomic mass is 10.1. The molecule has 0 saturated carbocycles. The Bertz CT molecular complexity index is 1160. The van der Waals surface area contributed by atoms with E-state index in [0.717, 1.165) is 0 Å². The van der Waals surface area contributed by atoms with Gasteiger partial charge in [-0.05, 0) is 43.2 Å². The number of aryl methyl sites for hydroxylation is 1. The first kappa shape index (κ1) is 22.2. The zero-order valence-corrected chi connectivity index (χ0v) is 18.6. The average Bonchev–Trinajstić information content (AvgIpc) is 2.76. The highest BCUT2D eigenvalue weighted by Crippen LogP contribution is 2.35. The summed E-state index contributed by atoms with van der Waals surface area (Å²) in [4.78, 5) is 26.1. The van der Waals surface area contributed by atoms with Crippen molar-refractivity contribution in [3.8, 4) is 5.75 Å². The Labute approximate surface area is 186 Å². The van der Waals surface area contributed by atoms with Crippen LogP contribution in [0.3, 0.4) is 0 Å². The van der Waals surface area contributed by atoms with Gasteiger partial charge < -0.3 is 15.0 Å². The maximum atomic E-state index is 13.3. The van der Waals surface area contributed by atoms with Gasteiger partial charge in [0.2, 0.25) is 15.9 Å². The number of anilines is 1. The number of halogens is 1. The van der Waals surface area contributed by atoms with Gasteiger partial charge in [-0.15, -0.1) is 0 Å². The van der Waals surface area contributed by atoms with Crippen molar-refractivity contribution in [2.45, 2.75) is 31.3 Å². The lowest BCUT2D eigenvalue weighted by Crippen LogP contribution is -2.51. The number of nitrogens with zero attached hydrogens (tertiary/aromatic N) is 2. The predicted octanol–water partition coefficient (Wildman–Crippen LogP) is 1.93. The molecule has 1 N–H and O–H groups in total. The van der Waals surface area contributed by atoms with Crippen LogP contribution in [0.25, 0.3) is 0 Å². The number of piperazine rings is 1. The monoisotopic (exact) mass is 461 g/mol. The number of nitrogens with one attached hydrogen (secondary N) is 1. The maximum Gasteiger partial charge on any atom is 0.265 e. The van der Waals surface area contributed by atoms with Crippen LogP contribution in [-0.4, -0.2) is 61.7 Å². The molecule has 170 valence electrons. The van der Waals surface area contributed by atoms with Crippen LogP contribution in [0, 0.1) is 12.7 Å². The fourth-order valence-corrected chi connectivity index (χ4v) is 5.47. The molecule has 8 nitrogen and oxygen atoms in total. The van der Waals surface area contributed by atoms with Crippen LogP contribution in [0.15, 0.2) is 41.3 Å². The predicted molar refractivity (Wildman–Crippen MR) is 115 cm³/mol. The Balaban J connectivity index is 1.45. The summed E-state index contributed by atoms with van der Waals surface area (Å²) in [7, 11) is -3.81. The molecule has 1 unspecified atom stereocenters. The second kappa shape index (κ2) is 8.51. The van der Waals surface area contributed by atoms with Gasteiger partial charge in [0.05, 0.1) is 17.0 Å². The summed E-state index contributed by atoms with van der Waals surface area (Å²) >= 11 is 0. The first-order valence-corrected chi connectivity index (χ1v) is 11.7. The number of benzene rings is 2. The molecule has 2 aliphatic heterocycles. The molecule has 32 heavy (non-hydrogen) atoms. The molecule has 2 aromatic carbocycles. The number of rotatable bonds is 4. The second-order valence-corrected chi connectivity index (χ2v) is 9.86. The topological polar surface area (TPSA) is 96.0 Å². The molecule has 2 aliphatic rings. The fraction of sp³-hybridized carbons (Fsp3) is 0.364. The van der Waals surface area contributed by atoms with Crippen molar-refractivity contribution < 1.29 is 27.1 Å². The minimum atomic E-state index is -3.81. The van der Waals surface area contributed by atoms with Crippen molar-refractivity contribution in [1.29, 1.82) is 0 Å². The van der Waals surface area contributed by atoms with Gasteiger partial charge in [-0.2, -0.15) is 4.31 Å². The first-order valence-electron chi connectivity index (χ1n) is 10.3. The molecule has 1 saturated heterocycles. The van der Waals surface area contributed by atoms with Crippen LogP contribution in [0.1, 0.15) is 18.1 Å². The van der Waals surface area contributed by atoms with Gasteiger partial charge in [-0.25, -0.2) is 12.8 Å². The molecule has 0 bridgehead atoms. The average molecular weight is 462 g/mol. The van der Waals surface area contributed by atoms with E-state index >= 15 is 0 Å². The van der Waals surface area contributed by atoms with E-state index in [9.17, 15) is 22.4 Å². The quantitative estimate of drug-likeness (QED) is 0.751. The number of sulfonamides is 1. The molecule has 4 rings (SSSR count). The largest absolute Gasteiger partial charge is 0.479 e. The minimum absolute atomic E-state index is 0.116. The summed E-state index contributed by atoms with van der Waals surface area (Å²) in [6.45, 7) is 4.14. The zero-order chi connectivity index (χ0) is 23.0. The molecular weight excluding hydrogens is 437 g/mol. The zero-order valence-electron chi connectivity index (χ0n) is 17.8. The van der Waals surface area contributed by atoms with Gasteiger partial charge >= 0.3 is 0 Å². The van der Waals surface area contributed by atoms with E-state index < -0.39 is 16.1 Å². The third-order valence-corrected chi connectivity index (χ3v) is 7.73. The van der Waals surface area contributed by atoms with E-state index in [1.165, 1.54) is 22.5 Å². The van der Waals surface area contributed by atoms with Gasteiger partial charge in [0.15, 0.2) is 6.10 Å². The van der Waals surface area contributed by atoms with Crippen LogP contribution in [-0.2, 0) is 26.0 Å². The highest BCUT2D eigenvalue weighted by atomic mass is 32.2. The first-order chi connectivity index (χ1) is 15.1. The summed E-state index contributed by atoms with van der Waals surface area (Å²) in [6, 6.07) is 8.79. The number of fused-ring (bicyclic) bond motifs is 1. The lowest BCUT2D eigenvalue weighted by molar-refractivity contribution is -0.131. The summed E-state index contributed by atoms with van der Waals surface area (Å²) in [5.41, 5.74) is 1.65. The molecule has 2 amide bonds.